The van der Waals surface area contributed by atoms with E-state index in [1.807, 2.05) is 30.3 Å². The molecule has 0 saturated carbocycles. The lowest BCUT2D eigenvalue weighted by atomic mass is 10.0. The average molecular weight is 413 g/mol. The number of hydrogen-bond acceptors (Lipinski definition) is 3. The van der Waals surface area contributed by atoms with E-state index in [1.54, 1.807) is 59.5 Å². The molecule has 6 nitrogen and oxygen atoms in total. The molecule has 1 saturated heterocycles. The monoisotopic (exact) mass is 413 g/mol. The van der Waals surface area contributed by atoms with Crippen LogP contribution in [0.2, 0.25) is 0 Å². The van der Waals surface area contributed by atoms with Crippen LogP contribution in [-0.4, -0.2) is 24.3 Å². The molecule has 2 N–H and O–H groups in total. The minimum atomic E-state index is -0.869. The number of carbonyl (C=O) groups is 3. The van der Waals surface area contributed by atoms with Gasteiger partial charge in [-0.2, -0.15) is 0 Å². The van der Waals surface area contributed by atoms with Crippen LogP contribution >= 0.6 is 0 Å². The number of carbonyl (C=O) groups excluding carboxylic acids is 3. The Morgan fingerprint density at radius 2 is 1.58 bits per heavy atom. The fourth-order valence-corrected chi connectivity index (χ4v) is 3.64. The smallest absolute Gasteiger partial charge is 0.252 e. The first-order chi connectivity index (χ1) is 15.1. The maximum atomic E-state index is 13.2. The van der Waals surface area contributed by atoms with Crippen molar-refractivity contribution in [3.63, 3.8) is 0 Å². The minimum absolute atomic E-state index is 0.0840. The van der Waals surface area contributed by atoms with Gasteiger partial charge in [-0.25, -0.2) is 0 Å². The predicted molar refractivity (Wildman–Crippen MR) is 120 cm³/mol. The molecule has 1 aliphatic heterocycles. The van der Waals surface area contributed by atoms with Gasteiger partial charge in [0.05, 0.1) is 0 Å². The summed E-state index contributed by atoms with van der Waals surface area (Å²) in [6.45, 7) is 0.677. The Hall–Kier alpha value is -3.93. The molecule has 0 spiro atoms. The molecule has 0 radical (unpaired) electrons. The van der Waals surface area contributed by atoms with Crippen molar-refractivity contribution in [2.45, 2.75) is 18.9 Å². The van der Waals surface area contributed by atoms with Gasteiger partial charge in [-0.1, -0.05) is 54.6 Å². The number of rotatable bonds is 6. The maximum absolute atomic E-state index is 13.2. The molecule has 31 heavy (non-hydrogen) atoms. The Morgan fingerprint density at radius 3 is 2.26 bits per heavy atom. The van der Waals surface area contributed by atoms with E-state index < -0.39 is 6.04 Å². The number of benzene rings is 3. The fraction of sp³-hybridized carbons (Fsp3) is 0.160. The molecule has 1 fully saturated rings. The Kier molecular flexibility index (Phi) is 6.08. The van der Waals surface area contributed by atoms with E-state index in [4.69, 9.17) is 0 Å². The molecule has 156 valence electrons. The molecule has 0 aliphatic carbocycles. The summed E-state index contributed by atoms with van der Waals surface area (Å²) in [7, 11) is 0. The van der Waals surface area contributed by atoms with E-state index in [9.17, 15) is 14.4 Å². The van der Waals surface area contributed by atoms with Crippen molar-refractivity contribution in [2.24, 2.45) is 0 Å². The van der Waals surface area contributed by atoms with Crippen molar-refractivity contribution in [3.05, 3.63) is 96.1 Å². The molecular formula is C25H23N3O3. The first-order valence-electron chi connectivity index (χ1n) is 10.2. The molecule has 1 unspecified atom stereocenters. The van der Waals surface area contributed by atoms with Crippen LogP contribution in [0.4, 0.5) is 11.4 Å². The zero-order valence-electron chi connectivity index (χ0n) is 17.0. The highest BCUT2D eigenvalue weighted by Gasteiger charge is 2.25. The van der Waals surface area contributed by atoms with Crippen LogP contribution in [-0.2, 0) is 9.59 Å². The number of hydrogen-bond donors (Lipinski definition) is 2. The summed E-state index contributed by atoms with van der Waals surface area (Å²) in [5, 5.41) is 5.72. The summed E-state index contributed by atoms with van der Waals surface area (Å²) >= 11 is 0. The summed E-state index contributed by atoms with van der Waals surface area (Å²) in [5.41, 5.74) is 2.47. The van der Waals surface area contributed by atoms with E-state index >= 15 is 0 Å². The minimum Gasteiger partial charge on any atom is -0.336 e. The van der Waals surface area contributed by atoms with E-state index in [0.29, 0.717) is 29.8 Å². The lowest BCUT2D eigenvalue weighted by molar-refractivity contribution is -0.118. The van der Waals surface area contributed by atoms with Gasteiger partial charge < -0.3 is 15.5 Å². The van der Waals surface area contributed by atoms with Gasteiger partial charge in [0.15, 0.2) is 0 Å². The quantitative estimate of drug-likeness (QED) is 0.643. The standard InChI is InChI=1S/C25H23N3O3/c29-22-15-8-16-28(22)21-14-7-13-20(17-21)26-25(31)23(18-9-3-1-4-10-18)27-24(30)19-11-5-2-6-12-19/h1-7,9-14,17,23H,8,15-16H2,(H,26,31)(H,27,30). The topological polar surface area (TPSA) is 78.5 Å². The number of nitrogens with zero attached hydrogens (tertiary/aromatic N) is 1. The van der Waals surface area contributed by atoms with Crippen molar-refractivity contribution in [1.82, 2.24) is 5.32 Å². The Balaban J connectivity index is 1.55. The molecule has 0 aromatic heterocycles. The largest absolute Gasteiger partial charge is 0.336 e. The van der Waals surface area contributed by atoms with Gasteiger partial charge in [-0.3, -0.25) is 14.4 Å². The number of amides is 3. The third kappa shape index (κ3) is 4.80. The maximum Gasteiger partial charge on any atom is 0.252 e. The molecule has 0 bridgehead atoms. The van der Waals surface area contributed by atoms with E-state index in [1.165, 1.54) is 0 Å². The highest BCUT2D eigenvalue weighted by atomic mass is 16.2. The molecular weight excluding hydrogens is 390 g/mol. The lowest BCUT2D eigenvalue weighted by Crippen LogP contribution is -2.37. The Morgan fingerprint density at radius 1 is 0.871 bits per heavy atom. The van der Waals surface area contributed by atoms with Gasteiger partial charge in [0.25, 0.3) is 11.8 Å². The molecule has 6 heteroatoms. The SMILES string of the molecule is O=C(NC(C(=O)Nc1cccc(N2CCCC2=O)c1)c1ccccc1)c1ccccc1. The Labute approximate surface area is 180 Å². The molecule has 1 heterocycles. The summed E-state index contributed by atoms with van der Waals surface area (Å²) < 4.78 is 0. The van der Waals surface area contributed by atoms with E-state index in [-0.39, 0.29) is 17.7 Å². The average Bonchev–Trinajstić information content (AvgIpc) is 3.24. The van der Waals surface area contributed by atoms with Crippen molar-refractivity contribution >= 4 is 29.1 Å². The summed E-state index contributed by atoms with van der Waals surface area (Å²) in [4.78, 5) is 39.7. The molecule has 3 aromatic rings. The second-order valence-corrected chi connectivity index (χ2v) is 7.37. The third-order valence-electron chi connectivity index (χ3n) is 5.21. The van der Waals surface area contributed by atoms with Crippen LogP contribution in [0.3, 0.4) is 0 Å². The summed E-state index contributed by atoms with van der Waals surface area (Å²) in [5.74, 6) is -0.609. The van der Waals surface area contributed by atoms with Crippen molar-refractivity contribution in [1.29, 1.82) is 0 Å². The highest BCUT2D eigenvalue weighted by Crippen LogP contribution is 2.25. The second kappa shape index (κ2) is 9.26. The predicted octanol–water partition coefficient (Wildman–Crippen LogP) is 3.92. The van der Waals surface area contributed by atoms with Crippen LogP contribution in [0.15, 0.2) is 84.9 Å². The van der Waals surface area contributed by atoms with Crippen molar-refractivity contribution < 1.29 is 14.4 Å². The summed E-state index contributed by atoms with van der Waals surface area (Å²) in [6, 6.07) is 24.2. The second-order valence-electron chi connectivity index (χ2n) is 7.37. The summed E-state index contributed by atoms with van der Waals surface area (Å²) in [6.07, 6.45) is 1.37. The van der Waals surface area contributed by atoms with Gasteiger partial charge in [0, 0.05) is 29.9 Å². The van der Waals surface area contributed by atoms with E-state index in [0.717, 1.165) is 12.1 Å². The molecule has 4 rings (SSSR count). The van der Waals surface area contributed by atoms with E-state index in [2.05, 4.69) is 10.6 Å². The third-order valence-corrected chi connectivity index (χ3v) is 5.21. The zero-order valence-corrected chi connectivity index (χ0v) is 17.0. The highest BCUT2D eigenvalue weighted by molar-refractivity contribution is 6.02. The van der Waals surface area contributed by atoms with Crippen LogP contribution in [0.25, 0.3) is 0 Å². The van der Waals surface area contributed by atoms with Crippen molar-refractivity contribution in [2.75, 3.05) is 16.8 Å². The molecule has 3 aromatic carbocycles. The zero-order chi connectivity index (χ0) is 21.6. The first-order valence-corrected chi connectivity index (χ1v) is 10.2. The first kappa shape index (κ1) is 20.3. The van der Waals surface area contributed by atoms with Crippen molar-refractivity contribution in [3.8, 4) is 0 Å². The molecule has 3 amide bonds. The van der Waals surface area contributed by atoms with Gasteiger partial charge in [-0.05, 0) is 42.3 Å². The van der Waals surface area contributed by atoms with Crippen LogP contribution in [0.1, 0.15) is 34.8 Å². The lowest BCUT2D eigenvalue weighted by Gasteiger charge is -2.20. The molecule has 1 atom stereocenters. The number of nitrogens with one attached hydrogen (secondary N) is 2. The van der Waals surface area contributed by atoms with Crippen LogP contribution in [0.5, 0.6) is 0 Å². The fourth-order valence-electron chi connectivity index (χ4n) is 3.64. The van der Waals surface area contributed by atoms with Gasteiger partial charge in [-0.15, -0.1) is 0 Å². The van der Waals surface area contributed by atoms with Crippen LogP contribution < -0.4 is 15.5 Å². The van der Waals surface area contributed by atoms with Gasteiger partial charge >= 0.3 is 0 Å². The van der Waals surface area contributed by atoms with Gasteiger partial charge in [0.1, 0.15) is 6.04 Å². The Bertz CT molecular complexity index is 1080. The molecule has 1 aliphatic rings. The normalized spacial score (nSPS) is 14.2. The van der Waals surface area contributed by atoms with Crippen LogP contribution in [0, 0.1) is 0 Å². The number of anilines is 2. The van der Waals surface area contributed by atoms with Gasteiger partial charge in [0.2, 0.25) is 5.91 Å².